The van der Waals surface area contributed by atoms with Gasteiger partial charge in [0.15, 0.2) is 0 Å². The van der Waals surface area contributed by atoms with Gasteiger partial charge in [0.2, 0.25) is 5.91 Å². The van der Waals surface area contributed by atoms with Crippen molar-refractivity contribution in [1.82, 2.24) is 5.32 Å². The topological polar surface area (TPSA) is 49.3 Å². The summed E-state index contributed by atoms with van der Waals surface area (Å²) in [6.07, 6.45) is 3.87. The molecular formula is C15H15NO2. The highest BCUT2D eigenvalue weighted by Crippen LogP contribution is 2.21. The van der Waals surface area contributed by atoms with Crippen LogP contribution in [0.1, 0.15) is 12.5 Å². The molecule has 3 heteroatoms. The van der Waals surface area contributed by atoms with Crippen LogP contribution >= 0.6 is 0 Å². The molecule has 2 rings (SSSR count). The van der Waals surface area contributed by atoms with E-state index in [1.807, 2.05) is 36.4 Å². The van der Waals surface area contributed by atoms with E-state index in [-0.39, 0.29) is 11.7 Å². The molecule has 0 spiro atoms. The van der Waals surface area contributed by atoms with Crippen LogP contribution in [0.3, 0.4) is 0 Å². The van der Waals surface area contributed by atoms with E-state index in [4.69, 9.17) is 0 Å². The third-order valence-corrected chi connectivity index (χ3v) is 2.63. The molecule has 0 heterocycles. The maximum Gasteiger partial charge on any atom is 0.217 e. The standard InChI is InChI=1S/C15H15NO2/c1-11(17)16-8-2-3-12-4-5-14-10-15(18)7-6-13(14)9-12/h2-7,9-10,18H,8H2,1H3,(H,16,17). The Labute approximate surface area is 106 Å². The van der Waals surface area contributed by atoms with Crippen LogP contribution in [-0.4, -0.2) is 17.6 Å². The normalized spacial score (nSPS) is 10.9. The summed E-state index contributed by atoms with van der Waals surface area (Å²) in [5, 5.41) is 14.2. The van der Waals surface area contributed by atoms with E-state index in [9.17, 15) is 9.90 Å². The van der Waals surface area contributed by atoms with Crippen LogP contribution in [0.4, 0.5) is 0 Å². The summed E-state index contributed by atoms with van der Waals surface area (Å²) in [6, 6.07) is 11.3. The summed E-state index contributed by atoms with van der Waals surface area (Å²) in [7, 11) is 0. The Morgan fingerprint density at radius 2 is 1.94 bits per heavy atom. The van der Waals surface area contributed by atoms with Gasteiger partial charge in [0.05, 0.1) is 0 Å². The number of carbonyl (C=O) groups excluding carboxylic acids is 1. The quantitative estimate of drug-likeness (QED) is 0.868. The maximum absolute atomic E-state index is 10.7. The van der Waals surface area contributed by atoms with Crippen LogP contribution in [-0.2, 0) is 4.79 Å². The Hall–Kier alpha value is -2.29. The number of phenolic OH excluding ortho intramolecular Hbond substituents is 1. The second-order valence-corrected chi connectivity index (χ2v) is 4.13. The number of amides is 1. The first-order chi connectivity index (χ1) is 8.65. The van der Waals surface area contributed by atoms with E-state index >= 15 is 0 Å². The Balaban J connectivity index is 2.15. The van der Waals surface area contributed by atoms with Gasteiger partial charge in [-0.05, 0) is 34.5 Å². The van der Waals surface area contributed by atoms with E-state index in [2.05, 4.69) is 5.32 Å². The first-order valence-electron chi connectivity index (χ1n) is 5.79. The van der Waals surface area contributed by atoms with Crippen LogP contribution in [0.2, 0.25) is 0 Å². The lowest BCUT2D eigenvalue weighted by Crippen LogP contribution is -2.19. The van der Waals surface area contributed by atoms with Crippen LogP contribution in [0.25, 0.3) is 16.8 Å². The highest BCUT2D eigenvalue weighted by molar-refractivity contribution is 5.86. The van der Waals surface area contributed by atoms with Gasteiger partial charge >= 0.3 is 0 Å². The molecule has 1 amide bonds. The lowest BCUT2D eigenvalue weighted by molar-refractivity contribution is -0.118. The van der Waals surface area contributed by atoms with E-state index in [0.29, 0.717) is 6.54 Å². The van der Waals surface area contributed by atoms with Gasteiger partial charge in [-0.25, -0.2) is 0 Å². The van der Waals surface area contributed by atoms with Crippen molar-refractivity contribution < 1.29 is 9.90 Å². The van der Waals surface area contributed by atoms with Gasteiger partial charge in [0.1, 0.15) is 5.75 Å². The summed E-state index contributed by atoms with van der Waals surface area (Å²) in [5.41, 5.74) is 1.07. The molecule has 0 radical (unpaired) electrons. The van der Waals surface area contributed by atoms with Gasteiger partial charge in [-0.2, -0.15) is 0 Å². The molecule has 0 fully saturated rings. The third kappa shape index (κ3) is 3.10. The van der Waals surface area contributed by atoms with Crippen molar-refractivity contribution >= 4 is 22.8 Å². The monoisotopic (exact) mass is 241 g/mol. The molecule has 0 aromatic heterocycles. The molecule has 2 aromatic carbocycles. The molecule has 0 aliphatic rings. The number of fused-ring (bicyclic) bond motifs is 1. The summed E-state index contributed by atoms with van der Waals surface area (Å²) in [6.45, 7) is 2.03. The number of hydrogen-bond donors (Lipinski definition) is 2. The number of benzene rings is 2. The molecule has 0 aliphatic heterocycles. The smallest absolute Gasteiger partial charge is 0.217 e. The molecule has 0 saturated carbocycles. The van der Waals surface area contributed by atoms with Crippen LogP contribution in [0.5, 0.6) is 5.75 Å². The highest BCUT2D eigenvalue weighted by Gasteiger charge is 1.95. The largest absolute Gasteiger partial charge is 0.508 e. The fourth-order valence-corrected chi connectivity index (χ4v) is 1.75. The van der Waals surface area contributed by atoms with Crippen LogP contribution in [0, 0.1) is 0 Å². The second-order valence-electron chi connectivity index (χ2n) is 4.13. The Kier molecular flexibility index (Phi) is 3.63. The Morgan fingerprint density at radius 1 is 1.22 bits per heavy atom. The molecular weight excluding hydrogens is 226 g/mol. The van der Waals surface area contributed by atoms with Crippen molar-refractivity contribution in [1.29, 1.82) is 0 Å². The molecule has 0 aliphatic carbocycles. The minimum Gasteiger partial charge on any atom is -0.508 e. The van der Waals surface area contributed by atoms with Gasteiger partial charge in [-0.15, -0.1) is 0 Å². The summed E-state index contributed by atoms with van der Waals surface area (Å²) in [5.74, 6) is 0.241. The molecule has 2 N–H and O–H groups in total. The number of hydrogen-bond acceptors (Lipinski definition) is 2. The van der Waals surface area contributed by atoms with Gasteiger partial charge < -0.3 is 10.4 Å². The first-order valence-corrected chi connectivity index (χ1v) is 5.79. The Morgan fingerprint density at radius 3 is 2.72 bits per heavy atom. The first kappa shape index (κ1) is 12.2. The number of nitrogens with one attached hydrogen (secondary N) is 1. The minimum absolute atomic E-state index is 0.0337. The molecule has 18 heavy (non-hydrogen) atoms. The number of rotatable bonds is 3. The average Bonchev–Trinajstić information content (AvgIpc) is 2.34. The van der Waals surface area contributed by atoms with Crippen LogP contribution in [0.15, 0.2) is 42.5 Å². The molecule has 3 nitrogen and oxygen atoms in total. The van der Waals surface area contributed by atoms with Crippen molar-refractivity contribution in [3.05, 3.63) is 48.0 Å². The predicted molar refractivity (Wildman–Crippen MR) is 73.3 cm³/mol. The summed E-state index contributed by atoms with van der Waals surface area (Å²) < 4.78 is 0. The summed E-state index contributed by atoms with van der Waals surface area (Å²) in [4.78, 5) is 10.7. The maximum atomic E-state index is 10.7. The lowest BCUT2D eigenvalue weighted by Gasteiger charge is -2.01. The predicted octanol–water partition coefficient (Wildman–Crippen LogP) is 2.69. The molecule has 0 bridgehead atoms. The zero-order valence-corrected chi connectivity index (χ0v) is 10.2. The van der Waals surface area contributed by atoms with Crippen molar-refractivity contribution in [2.75, 3.05) is 6.54 Å². The molecule has 2 aromatic rings. The third-order valence-electron chi connectivity index (χ3n) is 2.63. The Bertz CT molecular complexity index is 602. The molecule has 92 valence electrons. The molecule has 0 atom stereocenters. The highest BCUT2D eigenvalue weighted by atomic mass is 16.3. The SMILES string of the molecule is CC(=O)NCC=Cc1ccc2cc(O)ccc2c1. The number of carbonyl (C=O) groups is 1. The van der Waals surface area contributed by atoms with Crippen molar-refractivity contribution in [2.45, 2.75) is 6.92 Å². The van der Waals surface area contributed by atoms with E-state index in [1.54, 1.807) is 12.1 Å². The lowest BCUT2D eigenvalue weighted by atomic mass is 10.1. The molecule has 0 unspecified atom stereocenters. The zero-order valence-electron chi connectivity index (χ0n) is 10.2. The fraction of sp³-hybridized carbons (Fsp3) is 0.133. The summed E-state index contributed by atoms with van der Waals surface area (Å²) >= 11 is 0. The van der Waals surface area contributed by atoms with Crippen molar-refractivity contribution in [3.8, 4) is 5.75 Å². The van der Waals surface area contributed by atoms with Crippen molar-refractivity contribution in [3.63, 3.8) is 0 Å². The van der Waals surface area contributed by atoms with Crippen LogP contribution < -0.4 is 5.32 Å². The van der Waals surface area contributed by atoms with E-state index < -0.39 is 0 Å². The van der Waals surface area contributed by atoms with E-state index in [1.165, 1.54) is 6.92 Å². The minimum atomic E-state index is -0.0337. The van der Waals surface area contributed by atoms with Gasteiger partial charge in [-0.3, -0.25) is 4.79 Å². The van der Waals surface area contributed by atoms with Crippen molar-refractivity contribution in [2.24, 2.45) is 0 Å². The fourth-order valence-electron chi connectivity index (χ4n) is 1.75. The number of aromatic hydroxyl groups is 1. The van der Waals surface area contributed by atoms with Gasteiger partial charge in [0.25, 0.3) is 0 Å². The average molecular weight is 241 g/mol. The van der Waals surface area contributed by atoms with Gasteiger partial charge in [0, 0.05) is 13.5 Å². The van der Waals surface area contributed by atoms with E-state index in [0.717, 1.165) is 16.3 Å². The van der Waals surface area contributed by atoms with Gasteiger partial charge in [-0.1, -0.05) is 30.4 Å². The zero-order chi connectivity index (χ0) is 13.0. The molecule has 0 saturated heterocycles. The number of phenols is 1. The second kappa shape index (κ2) is 5.36.